The number of hydrogen-bond acceptors (Lipinski definition) is 5. The minimum Gasteiger partial charge on any atom is -1.00 e. The van der Waals surface area contributed by atoms with Gasteiger partial charge in [0.2, 0.25) is 5.52 Å². The van der Waals surface area contributed by atoms with Gasteiger partial charge in [-0.1, -0.05) is 79.4 Å². The van der Waals surface area contributed by atoms with Crippen molar-refractivity contribution in [3.05, 3.63) is 112 Å². The highest BCUT2D eigenvalue weighted by Gasteiger charge is 2.32. The van der Waals surface area contributed by atoms with Gasteiger partial charge < -0.3 is 28.9 Å². The van der Waals surface area contributed by atoms with E-state index in [-0.39, 0.29) is 24.0 Å². The Morgan fingerprint density at radius 1 is 0.825 bits per heavy atom. The Balaban J connectivity index is 0.00000289. The molecule has 3 heterocycles. The smallest absolute Gasteiger partial charge is 0.272 e. The monoisotopic (exact) mass is 672 g/mol. The second kappa shape index (κ2) is 11.5. The SMILES string of the molecule is CCCN1/C(=C/C=C2/C=C(c3sc4ccccc4[n+]3CCC)c3nc4ccccc4nc32)Sc2ccccc21.[I-]. The molecule has 0 unspecified atom stereocenters. The molecule has 0 amide bonds. The molecule has 0 atom stereocenters. The van der Waals surface area contributed by atoms with Crippen molar-refractivity contribution < 1.29 is 28.5 Å². The van der Waals surface area contributed by atoms with Gasteiger partial charge in [0, 0.05) is 29.5 Å². The van der Waals surface area contributed by atoms with E-state index >= 15 is 0 Å². The van der Waals surface area contributed by atoms with Crippen LogP contribution in [0.4, 0.5) is 5.69 Å². The van der Waals surface area contributed by atoms with Gasteiger partial charge in [-0.2, -0.15) is 4.57 Å². The Hall–Kier alpha value is -3.01. The van der Waals surface area contributed by atoms with E-state index in [1.54, 1.807) is 0 Å². The summed E-state index contributed by atoms with van der Waals surface area (Å²) in [5, 5.41) is 2.50. The van der Waals surface area contributed by atoms with Crippen molar-refractivity contribution in [1.29, 1.82) is 0 Å². The van der Waals surface area contributed by atoms with E-state index < -0.39 is 0 Å². The van der Waals surface area contributed by atoms with Crippen LogP contribution in [-0.2, 0) is 6.54 Å². The van der Waals surface area contributed by atoms with Gasteiger partial charge in [0.25, 0.3) is 5.01 Å². The van der Waals surface area contributed by atoms with Gasteiger partial charge in [-0.05, 0) is 48.9 Å². The molecule has 3 aromatic carbocycles. The number of aryl methyl sites for hydroxylation is 1. The van der Waals surface area contributed by atoms with E-state index in [4.69, 9.17) is 9.97 Å². The molecule has 0 spiro atoms. The normalized spacial score (nSPS) is 16.1. The average Bonchev–Trinajstić information content (AvgIpc) is 3.63. The predicted molar refractivity (Wildman–Crippen MR) is 165 cm³/mol. The van der Waals surface area contributed by atoms with Crippen molar-refractivity contribution >= 4 is 61.2 Å². The van der Waals surface area contributed by atoms with Crippen molar-refractivity contribution in [3.63, 3.8) is 0 Å². The highest BCUT2D eigenvalue weighted by atomic mass is 127. The molecule has 0 bridgehead atoms. The molecular formula is C33H29IN4S2. The summed E-state index contributed by atoms with van der Waals surface area (Å²) in [6.45, 7) is 6.45. The van der Waals surface area contributed by atoms with E-state index in [9.17, 15) is 0 Å². The first-order valence-corrected chi connectivity index (χ1v) is 15.3. The Morgan fingerprint density at radius 2 is 1.55 bits per heavy atom. The Morgan fingerprint density at radius 3 is 2.35 bits per heavy atom. The summed E-state index contributed by atoms with van der Waals surface area (Å²) < 4.78 is 3.76. The largest absolute Gasteiger partial charge is 1.00 e. The number of anilines is 1. The molecule has 0 saturated carbocycles. The van der Waals surface area contributed by atoms with Crippen LogP contribution in [0.25, 0.3) is 32.4 Å². The maximum absolute atomic E-state index is 5.18. The highest BCUT2D eigenvalue weighted by molar-refractivity contribution is 8.03. The van der Waals surface area contributed by atoms with Gasteiger partial charge in [-0.15, -0.1) is 0 Å². The molecule has 0 saturated heterocycles. The molecular weight excluding hydrogens is 643 g/mol. The van der Waals surface area contributed by atoms with Crippen LogP contribution in [-0.4, -0.2) is 16.5 Å². The fourth-order valence-electron chi connectivity index (χ4n) is 5.44. The Labute approximate surface area is 260 Å². The third-order valence-electron chi connectivity index (χ3n) is 7.17. The third kappa shape index (κ3) is 4.67. The van der Waals surface area contributed by atoms with Crippen LogP contribution in [0.15, 0.2) is 101 Å². The van der Waals surface area contributed by atoms with Crippen LogP contribution < -0.4 is 33.4 Å². The van der Waals surface area contributed by atoms with Crippen molar-refractivity contribution in [1.82, 2.24) is 9.97 Å². The summed E-state index contributed by atoms with van der Waals surface area (Å²) in [4.78, 5) is 14.1. The van der Waals surface area contributed by atoms with Gasteiger partial charge >= 0.3 is 0 Å². The lowest BCUT2D eigenvalue weighted by Gasteiger charge is -2.19. The molecule has 40 heavy (non-hydrogen) atoms. The highest BCUT2D eigenvalue weighted by Crippen LogP contribution is 2.46. The molecule has 0 N–H and O–H groups in total. The van der Waals surface area contributed by atoms with E-state index in [0.717, 1.165) is 59.5 Å². The number of benzene rings is 3. The van der Waals surface area contributed by atoms with Crippen LogP contribution in [0.1, 0.15) is 43.1 Å². The number of rotatable bonds is 6. The Bertz CT molecular complexity index is 1840. The summed E-state index contributed by atoms with van der Waals surface area (Å²) in [5.74, 6) is 0. The molecule has 0 radical (unpaired) electrons. The first kappa shape index (κ1) is 27.2. The molecule has 2 aliphatic rings. The van der Waals surface area contributed by atoms with Crippen LogP contribution >= 0.6 is 23.1 Å². The van der Waals surface area contributed by atoms with Crippen LogP contribution in [0.5, 0.6) is 0 Å². The fraction of sp³-hybridized carbons (Fsp3) is 0.182. The van der Waals surface area contributed by atoms with Crippen LogP contribution in [0.3, 0.4) is 0 Å². The molecule has 2 aromatic heterocycles. The molecule has 0 fully saturated rings. The second-order valence-corrected chi connectivity index (χ2v) is 11.9. The predicted octanol–water partition coefficient (Wildman–Crippen LogP) is 5.24. The molecule has 1 aliphatic carbocycles. The lowest BCUT2D eigenvalue weighted by atomic mass is 10.2. The summed E-state index contributed by atoms with van der Waals surface area (Å²) in [6.07, 6.45) is 8.97. The fourth-order valence-corrected chi connectivity index (χ4v) is 7.74. The summed E-state index contributed by atoms with van der Waals surface area (Å²) in [6, 6.07) is 25.6. The van der Waals surface area contributed by atoms with Crippen LogP contribution in [0.2, 0.25) is 0 Å². The van der Waals surface area contributed by atoms with Crippen molar-refractivity contribution in [2.45, 2.75) is 38.1 Å². The summed E-state index contributed by atoms with van der Waals surface area (Å²) >= 11 is 3.69. The number of nitrogens with zero attached hydrogens (tertiary/aromatic N) is 4. The maximum Gasteiger partial charge on any atom is 0.272 e. The Kier molecular flexibility index (Phi) is 7.79. The van der Waals surface area contributed by atoms with Gasteiger partial charge in [-0.25, -0.2) is 9.97 Å². The molecule has 200 valence electrons. The van der Waals surface area contributed by atoms with Gasteiger partial charge in [0.15, 0.2) is 0 Å². The van der Waals surface area contributed by atoms with Crippen molar-refractivity contribution in [2.75, 3.05) is 11.4 Å². The van der Waals surface area contributed by atoms with E-state index in [2.05, 4.69) is 102 Å². The quantitative estimate of drug-likeness (QED) is 0.183. The summed E-state index contributed by atoms with van der Waals surface area (Å²) in [5.41, 5.74) is 8.65. The summed E-state index contributed by atoms with van der Waals surface area (Å²) in [7, 11) is 0. The lowest BCUT2D eigenvalue weighted by molar-refractivity contribution is -0.669. The zero-order valence-corrected chi connectivity index (χ0v) is 26.3. The van der Waals surface area contributed by atoms with Crippen molar-refractivity contribution in [3.8, 4) is 0 Å². The third-order valence-corrected chi connectivity index (χ3v) is 9.50. The number of fused-ring (bicyclic) bond motifs is 4. The number of para-hydroxylation sites is 4. The van der Waals surface area contributed by atoms with Gasteiger partial charge in [0.1, 0.15) is 16.9 Å². The molecule has 7 rings (SSSR count). The first-order valence-electron chi connectivity index (χ1n) is 13.6. The number of aromatic nitrogens is 3. The molecule has 5 aromatic rings. The van der Waals surface area contributed by atoms with Gasteiger partial charge in [-0.3, -0.25) is 0 Å². The van der Waals surface area contributed by atoms with Crippen molar-refractivity contribution in [2.24, 2.45) is 0 Å². The number of hydrogen-bond donors (Lipinski definition) is 0. The van der Waals surface area contributed by atoms with E-state index in [0.29, 0.717) is 0 Å². The number of allylic oxidation sites excluding steroid dienone is 4. The van der Waals surface area contributed by atoms with E-state index in [1.807, 2.05) is 35.2 Å². The minimum atomic E-state index is 0. The lowest BCUT2D eigenvalue weighted by Crippen LogP contribution is -3.00. The number of thiazole rings is 1. The minimum absolute atomic E-state index is 0. The second-order valence-electron chi connectivity index (χ2n) is 9.84. The number of thioether (sulfide) groups is 1. The van der Waals surface area contributed by atoms with Gasteiger partial charge in [0.05, 0.1) is 33.0 Å². The first-order chi connectivity index (χ1) is 19.2. The molecule has 7 heteroatoms. The number of halogens is 1. The maximum atomic E-state index is 5.18. The zero-order valence-electron chi connectivity index (χ0n) is 22.5. The van der Waals surface area contributed by atoms with E-state index in [1.165, 1.54) is 30.8 Å². The van der Waals surface area contributed by atoms with Crippen LogP contribution in [0, 0.1) is 0 Å². The average molecular weight is 673 g/mol. The standard InChI is InChI=1S/C33H29N4S2.HI/c1-3-19-36-26-13-7-9-15-28(26)38-30(36)18-17-22-21-23(32-31(22)34-24-11-5-6-12-25(24)35-32)33-37(20-4-2)27-14-8-10-16-29(27)39-33;/h5-18,21H,3-4,19-20H2,1-2H3;1H/q+1;/p-1. The topological polar surface area (TPSA) is 32.9 Å². The zero-order chi connectivity index (χ0) is 26.3. The molecule has 1 aliphatic heterocycles. The molecule has 4 nitrogen and oxygen atoms in total.